The molecule has 0 amide bonds. The third kappa shape index (κ3) is 3.28. The average molecular weight is 258 g/mol. The summed E-state index contributed by atoms with van der Waals surface area (Å²) in [5.74, 6) is 0.663. The molecule has 0 aromatic carbocycles. The van der Waals surface area contributed by atoms with Crippen molar-refractivity contribution in [3.63, 3.8) is 0 Å². The van der Waals surface area contributed by atoms with Crippen molar-refractivity contribution in [2.45, 2.75) is 13.5 Å². The molecule has 2 rings (SSSR count). The van der Waals surface area contributed by atoms with Gasteiger partial charge in [0.05, 0.1) is 13.2 Å². The summed E-state index contributed by atoms with van der Waals surface area (Å²) >= 11 is 5.72. The Bertz CT molecular complexity index is 441. The van der Waals surface area contributed by atoms with E-state index in [0.717, 1.165) is 32.8 Å². The van der Waals surface area contributed by atoms with Gasteiger partial charge in [-0.3, -0.25) is 14.3 Å². The Morgan fingerprint density at radius 2 is 2.12 bits per heavy atom. The highest BCUT2D eigenvalue weighted by Crippen LogP contribution is 2.02. The summed E-state index contributed by atoms with van der Waals surface area (Å²) in [6.45, 7) is 6.68. The zero-order valence-electron chi connectivity index (χ0n) is 9.86. The molecular formula is C11H16ClN3O2. The van der Waals surface area contributed by atoms with E-state index in [-0.39, 0.29) is 10.7 Å². The highest BCUT2D eigenvalue weighted by Gasteiger charge is 2.11. The first-order valence-electron chi connectivity index (χ1n) is 5.71. The average Bonchev–Trinajstić information content (AvgIpc) is 2.29. The Balaban J connectivity index is 2.01. The molecule has 0 atom stereocenters. The molecule has 0 spiro atoms. The summed E-state index contributed by atoms with van der Waals surface area (Å²) < 4.78 is 6.93. The van der Waals surface area contributed by atoms with E-state index in [0.29, 0.717) is 12.4 Å². The van der Waals surface area contributed by atoms with Gasteiger partial charge in [0.2, 0.25) is 0 Å². The molecule has 1 aliphatic heterocycles. The third-order valence-electron chi connectivity index (χ3n) is 2.91. The lowest BCUT2D eigenvalue weighted by atomic mass is 10.4. The number of nitrogens with zero attached hydrogens (tertiary/aromatic N) is 3. The molecule has 0 bridgehead atoms. The summed E-state index contributed by atoms with van der Waals surface area (Å²) in [6, 6.07) is 1.36. The van der Waals surface area contributed by atoms with Crippen LogP contribution in [0.5, 0.6) is 0 Å². The van der Waals surface area contributed by atoms with E-state index >= 15 is 0 Å². The van der Waals surface area contributed by atoms with E-state index in [1.165, 1.54) is 6.07 Å². The number of ether oxygens (including phenoxy) is 1. The van der Waals surface area contributed by atoms with E-state index in [9.17, 15) is 4.79 Å². The monoisotopic (exact) mass is 257 g/mol. The highest BCUT2D eigenvalue weighted by atomic mass is 35.5. The van der Waals surface area contributed by atoms with Crippen LogP contribution in [0.15, 0.2) is 10.9 Å². The molecule has 94 valence electrons. The van der Waals surface area contributed by atoms with Gasteiger partial charge in [-0.1, -0.05) is 11.6 Å². The number of halogens is 1. The molecule has 1 fully saturated rings. The molecule has 5 nitrogen and oxygen atoms in total. The van der Waals surface area contributed by atoms with Crippen molar-refractivity contribution < 1.29 is 4.74 Å². The van der Waals surface area contributed by atoms with Gasteiger partial charge in [0, 0.05) is 32.2 Å². The number of hydrogen-bond acceptors (Lipinski definition) is 4. The topological polar surface area (TPSA) is 47.4 Å². The van der Waals surface area contributed by atoms with Gasteiger partial charge in [0.15, 0.2) is 0 Å². The summed E-state index contributed by atoms with van der Waals surface area (Å²) in [7, 11) is 0. The number of aryl methyl sites for hydroxylation is 1. The molecular weight excluding hydrogens is 242 g/mol. The summed E-state index contributed by atoms with van der Waals surface area (Å²) in [4.78, 5) is 18.1. The molecule has 0 saturated carbocycles. The largest absolute Gasteiger partial charge is 0.379 e. The minimum atomic E-state index is -0.0873. The fraction of sp³-hybridized carbons (Fsp3) is 0.636. The van der Waals surface area contributed by atoms with Crippen LogP contribution in [-0.4, -0.2) is 47.3 Å². The first-order valence-corrected chi connectivity index (χ1v) is 6.09. The van der Waals surface area contributed by atoms with Crippen LogP contribution in [0.4, 0.5) is 0 Å². The second kappa shape index (κ2) is 5.62. The molecule has 0 unspecified atom stereocenters. The van der Waals surface area contributed by atoms with Crippen molar-refractivity contribution >= 4 is 11.6 Å². The van der Waals surface area contributed by atoms with Crippen LogP contribution in [0.1, 0.15) is 5.82 Å². The highest BCUT2D eigenvalue weighted by molar-refractivity contribution is 6.29. The van der Waals surface area contributed by atoms with Crippen molar-refractivity contribution in [1.82, 2.24) is 14.5 Å². The second-order valence-corrected chi connectivity index (χ2v) is 4.46. The van der Waals surface area contributed by atoms with Crippen LogP contribution < -0.4 is 5.56 Å². The van der Waals surface area contributed by atoms with Crippen molar-refractivity contribution in [3.05, 3.63) is 27.4 Å². The smallest absolute Gasteiger partial charge is 0.255 e. The van der Waals surface area contributed by atoms with Crippen molar-refractivity contribution in [2.75, 3.05) is 32.8 Å². The quantitative estimate of drug-likeness (QED) is 0.742. The Morgan fingerprint density at radius 1 is 1.41 bits per heavy atom. The third-order valence-corrected chi connectivity index (χ3v) is 3.11. The van der Waals surface area contributed by atoms with Gasteiger partial charge in [-0.05, 0) is 6.92 Å². The van der Waals surface area contributed by atoms with Gasteiger partial charge < -0.3 is 4.74 Å². The van der Waals surface area contributed by atoms with Crippen LogP contribution >= 0.6 is 11.6 Å². The van der Waals surface area contributed by atoms with Crippen molar-refractivity contribution in [3.8, 4) is 0 Å². The van der Waals surface area contributed by atoms with Crippen LogP contribution in [0.3, 0.4) is 0 Å². The summed E-state index contributed by atoms with van der Waals surface area (Å²) in [6.07, 6.45) is 0. The summed E-state index contributed by atoms with van der Waals surface area (Å²) in [5, 5.41) is 0.259. The predicted molar refractivity (Wildman–Crippen MR) is 65.5 cm³/mol. The lowest BCUT2D eigenvalue weighted by Crippen LogP contribution is -2.39. The Kier molecular flexibility index (Phi) is 4.15. The number of morpholine rings is 1. The van der Waals surface area contributed by atoms with Crippen LogP contribution in [-0.2, 0) is 11.3 Å². The lowest BCUT2D eigenvalue weighted by molar-refractivity contribution is 0.0362. The van der Waals surface area contributed by atoms with E-state index in [1.807, 2.05) is 0 Å². The fourth-order valence-electron chi connectivity index (χ4n) is 1.92. The number of rotatable bonds is 3. The fourth-order valence-corrected chi connectivity index (χ4v) is 2.14. The number of hydrogen-bond donors (Lipinski definition) is 0. The molecule has 1 aromatic heterocycles. The van der Waals surface area contributed by atoms with Crippen LogP contribution in [0, 0.1) is 6.92 Å². The maximum Gasteiger partial charge on any atom is 0.255 e. The van der Waals surface area contributed by atoms with Gasteiger partial charge in [0.25, 0.3) is 5.56 Å². The zero-order chi connectivity index (χ0) is 12.3. The van der Waals surface area contributed by atoms with Gasteiger partial charge in [-0.2, -0.15) is 0 Å². The zero-order valence-corrected chi connectivity index (χ0v) is 10.6. The predicted octanol–water partition coefficient (Wildman–Crippen LogP) is 0.537. The van der Waals surface area contributed by atoms with Gasteiger partial charge in [-0.15, -0.1) is 0 Å². The molecule has 6 heteroatoms. The normalized spacial score (nSPS) is 17.3. The van der Waals surface area contributed by atoms with Crippen molar-refractivity contribution in [1.29, 1.82) is 0 Å². The maximum absolute atomic E-state index is 11.7. The first kappa shape index (κ1) is 12.5. The lowest BCUT2D eigenvalue weighted by Gasteiger charge is -2.26. The molecule has 0 radical (unpaired) electrons. The van der Waals surface area contributed by atoms with Gasteiger partial charge >= 0.3 is 0 Å². The van der Waals surface area contributed by atoms with Crippen LogP contribution in [0.2, 0.25) is 5.15 Å². The minimum absolute atomic E-state index is 0.0873. The molecule has 1 saturated heterocycles. The van der Waals surface area contributed by atoms with E-state index in [2.05, 4.69) is 9.88 Å². The Morgan fingerprint density at radius 3 is 2.76 bits per heavy atom. The summed E-state index contributed by atoms with van der Waals surface area (Å²) in [5.41, 5.74) is -0.0873. The molecule has 2 heterocycles. The number of aromatic nitrogens is 2. The first-order chi connectivity index (χ1) is 8.16. The van der Waals surface area contributed by atoms with E-state index < -0.39 is 0 Å². The Labute approximate surface area is 105 Å². The van der Waals surface area contributed by atoms with Gasteiger partial charge in [0.1, 0.15) is 11.0 Å². The minimum Gasteiger partial charge on any atom is -0.379 e. The molecule has 0 aliphatic carbocycles. The van der Waals surface area contributed by atoms with Crippen LogP contribution in [0.25, 0.3) is 0 Å². The van der Waals surface area contributed by atoms with Crippen molar-refractivity contribution in [2.24, 2.45) is 0 Å². The Hall–Kier alpha value is -0.910. The van der Waals surface area contributed by atoms with E-state index in [1.54, 1.807) is 11.5 Å². The molecule has 0 N–H and O–H groups in total. The maximum atomic E-state index is 11.7. The van der Waals surface area contributed by atoms with Gasteiger partial charge in [-0.25, -0.2) is 4.98 Å². The standard InChI is InChI=1S/C11H16ClN3O2/c1-9-13-10(12)8-11(16)15(9)3-2-14-4-6-17-7-5-14/h8H,2-7H2,1H3. The SMILES string of the molecule is Cc1nc(Cl)cc(=O)n1CCN1CCOCC1. The second-order valence-electron chi connectivity index (χ2n) is 4.07. The molecule has 17 heavy (non-hydrogen) atoms. The molecule has 1 aliphatic rings. The molecule has 1 aromatic rings. The van der Waals surface area contributed by atoms with E-state index in [4.69, 9.17) is 16.3 Å².